The Labute approximate surface area is 105 Å². The quantitative estimate of drug-likeness (QED) is 0.749. The molecule has 0 aliphatic carbocycles. The van der Waals surface area contributed by atoms with Gasteiger partial charge in [0.25, 0.3) is 0 Å². The first-order valence-electron chi connectivity index (χ1n) is 6.73. The number of methoxy groups -OCH3 is 2. The highest BCUT2D eigenvalue weighted by Crippen LogP contribution is 2.35. The summed E-state index contributed by atoms with van der Waals surface area (Å²) in [7, 11) is 5.61. The molecule has 0 amide bonds. The van der Waals surface area contributed by atoms with Crippen LogP contribution in [-0.4, -0.2) is 63.5 Å². The predicted molar refractivity (Wildman–Crippen MR) is 68.3 cm³/mol. The van der Waals surface area contributed by atoms with Crippen molar-refractivity contribution >= 4 is 0 Å². The zero-order valence-corrected chi connectivity index (χ0v) is 11.3. The molecule has 1 N–H and O–H groups in total. The van der Waals surface area contributed by atoms with Gasteiger partial charge < -0.3 is 14.8 Å². The van der Waals surface area contributed by atoms with Gasteiger partial charge in [-0.2, -0.15) is 0 Å². The second-order valence-electron chi connectivity index (χ2n) is 5.35. The zero-order chi connectivity index (χ0) is 12.3. The van der Waals surface area contributed by atoms with Gasteiger partial charge in [-0.1, -0.05) is 0 Å². The molecule has 0 aromatic carbocycles. The lowest BCUT2D eigenvalue weighted by Crippen LogP contribution is -2.51. The Balaban J connectivity index is 1.90. The Hall–Kier alpha value is -0.160. The van der Waals surface area contributed by atoms with Crippen molar-refractivity contribution in [3.63, 3.8) is 0 Å². The number of nitrogens with one attached hydrogen (secondary N) is 1. The topological polar surface area (TPSA) is 33.7 Å². The molecule has 0 aromatic heterocycles. The average molecular weight is 242 g/mol. The third-order valence-electron chi connectivity index (χ3n) is 4.39. The summed E-state index contributed by atoms with van der Waals surface area (Å²) in [5.74, 6) is 0. The molecule has 4 nitrogen and oxygen atoms in total. The molecule has 2 heterocycles. The molecule has 17 heavy (non-hydrogen) atoms. The van der Waals surface area contributed by atoms with Gasteiger partial charge in [0.05, 0.1) is 12.7 Å². The Kier molecular flexibility index (Phi) is 4.79. The Morgan fingerprint density at radius 3 is 2.35 bits per heavy atom. The van der Waals surface area contributed by atoms with Crippen LogP contribution >= 0.6 is 0 Å². The normalized spacial score (nSPS) is 35.1. The van der Waals surface area contributed by atoms with Gasteiger partial charge in [0.1, 0.15) is 0 Å². The monoisotopic (exact) mass is 242 g/mol. The van der Waals surface area contributed by atoms with Crippen molar-refractivity contribution in [2.45, 2.75) is 49.9 Å². The van der Waals surface area contributed by atoms with Crippen molar-refractivity contribution in [3.05, 3.63) is 0 Å². The minimum absolute atomic E-state index is 0.217. The first-order chi connectivity index (χ1) is 8.28. The van der Waals surface area contributed by atoms with E-state index in [1.54, 1.807) is 14.2 Å². The van der Waals surface area contributed by atoms with Crippen molar-refractivity contribution < 1.29 is 9.47 Å². The fraction of sp³-hybridized carbons (Fsp3) is 1.00. The van der Waals surface area contributed by atoms with Gasteiger partial charge in [0.2, 0.25) is 0 Å². The molecule has 0 spiro atoms. The molecule has 2 rings (SSSR count). The highest BCUT2D eigenvalue weighted by Gasteiger charge is 2.40. The van der Waals surface area contributed by atoms with E-state index in [0.29, 0.717) is 12.6 Å². The lowest BCUT2D eigenvalue weighted by molar-refractivity contribution is -0.0137. The van der Waals surface area contributed by atoms with Gasteiger partial charge in [-0.05, 0) is 32.7 Å². The predicted octanol–water partition coefficient (Wildman–Crippen LogP) is 0.863. The van der Waals surface area contributed by atoms with E-state index in [2.05, 4.69) is 17.3 Å². The number of rotatable bonds is 6. The summed E-state index contributed by atoms with van der Waals surface area (Å²) in [6.07, 6.45) is 5.50. The van der Waals surface area contributed by atoms with Crippen LogP contribution in [0, 0.1) is 0 Å². The number of piperidine rings is 1. The maximum Gasteiger partial charge on any atom is 0.0931 e. The molecule has 0 saturated carbocycles. The molecule has 0 radical (unpaired) electrons. The van der Waals surface area contributed by atoms with Crippen LogP contribution in [0.15, 0.2) is 0 Å². The fourth-order valence-electron chi connectivity index (χ4n) is 3.42. The Morgan fingerprint density at radius 2 is 1.88 bits per heavy atom. The standard InChI is InChI=1S/C13H26N2O2/c1-14-10-6-11-4-5-12(7-10)15(11)8-13(17-3)9-16-2/h10-14H,4-9H2,1-3H3. The second-order valence-corrected chi connectivity index (χ2v) is 5.35. The summed E-state index contributed by atoms with van der Waals surface area (Å²) in [6, 6.07) is 2.22. The third-order valence-corrected chi connectivity index (χ3v) is 4.39. The smallest absolute Gasteiger partial charge is 0.0931 e. The van der Waals surface area contributed by atoms with Gasteiger partial charge >= 0.3 is 0 Å². The fourth-order valence-corrected chi connectivity index (χ4v) is 3.42. The molecule has 2 aliphatic rings. The summed E-state index contributed by atoms with van der Waals surface area (Å²) in [5.41, 5.74) is 0. The summed E-state index contributed by atoms with van der Waals surface area (Å²) >= 11 is 0. The Bertz CT molecular complexity index is 223. The molecule has 3 atom stereocenters. The number of fused-ring (bicyclic) bond motifs is 2. The lowest BCUT2D eigenvalue weighted by Gasteiger charge is -2.40. The van der Waals surface area contributed by atoms with Crippen LogP contribution in [0.1, 0.15) is 25.7 Å². The van der Waals surface area contributed by atoms with Crippen LogP contribution in [0.3, 0.4) is 0 Å². The molecule has 2 bridgehead atoms. The van der Waals surface area contributed by atoms with Crippen molar-refractivity contribution in [1.29, 1.82) is 0 Å². The lowest BCUT2D eigenvalue weighted by atomic mass is 9.97. The van der Waals surface area contributed by atoms with E-state index in [0.717, 1.165) is 18.6 Å². The van der Waals surface area contributed by atoms with E-state index in [1.807, 2.05) is 0 Å². The van der Waals surface area contributed by atoms with Crippen LogP contribution in [0.25, 0.3) is 0 Å². The van der Waals surface area contributed by atoms with Crippen molar-refractivity contribution in [2.24, 2.45) is 0 Å². The first-order valence-corrected chi connectivity index (χ1v) is 6.73. The maximum atomic E-state index is 5.49. The van der Waals surface area contributed by atoms with Gasteiger partial charge in [-0.15, -0.1) is 0 Å². The van der Waals surface area contributed by atoms with Crippen LogP contribution in [0.5, 0.6) is 0 Å². The highest BCUT2D eigenvalue weighted by molar-refractivity contribution is 4.97. The molecule has 100 valence electrons. The Morgan fingerprint density at radius 1 is 1.24 bits per heavy atom. The number of hydrogen-bond donors (Lipinski definition) is 1. The molecule has 4 heteroatoms. The van der Waals surface area contributed by atoms with Crippen LogP contribution in [0.4, 0.5) is 0 Å². The van der Waals surface area contributed by atoms with E-state index in [-0.39, 0.29) is 6.10 Å². The highest BCUT2D eigenvalue weighted by atomic mass is 16.5. The minimum Gasteiger partial charge on any atom is -0.382 e. The number of nitrogens with zero attached hydrogens (tertiary/aromatic N) is 1. The summed E-state index contributed by atoms with van der Waals surface area (Å²) < 4.78 is 10.7. The average Bonchev–Trinajstić information content (AvgIpc) is 2.60. The number of ether oxygens (including phenoxy) is 2. The van der Waals surface area contributed by atoms with Crippen LogP contribution < -0.4 is 5.32 Å². The molecular formula is C13H26N2O2. The summed E-state index contributed by atoms with van der Waals surface area (Å²) in [6.45, 7) is 1.72. The maximum absolute atomic E-state index is 5.49. The SMILES string of the molecule is CNC1CC2CCC(C1)N2CC(COC)OC. The molecular weight excluding hydrogens is 216 g/mol. The van der Waals surface area contributed by atoms with E-state index in [9.17, 15) is 0 Å². The van der Waals surface area contributed by atoms with Gasteiger partial charge in [-0.3, -0.25) is 4.90 Å². The van der Waals surface area contributed by atoms with E-state index in [4.69, 9.17) is 9.47 Å². The summed E-state index contributed by atoms with van der Waals surface area (Å²) in [4.78, 5) is 2.65. The van der Waals surface area contributed by atoms with Gasteiger partial charge in [-0.25, -0.2) is 0 Å². The molecule has 2 fully saturated rings. The molecule has 3 unspecified atom stereocenters. The zero-order valence-electron chi connectivity index (χ0n) is 11.3. The van der Waals surface area contributed by atoms with Crippen molar-refractivity contribution in [2.75, 3.05) is 34.4 Å². The van der Waals surface area contributed by atoms with Crippen LogP contribution in [0.2, 0.25) is 0 Å². The van der Waals surface area contributed by atoms with Crippen molar-refractivity contribution in [3.8, 4) is 0 Å². The van der Waals surface area contributed by atoms with E-state index in [1.165, 1.54) is 25.7 Å². The minimum atomic E-state index is 0.217. The molecule has 2 aliphatic heterocycles. The van der Waals surface area contributed by atoms with Crippen molar-refractivity contribution in [1.82, 2.24) is 10.2 Å². The largest absolute Gasteiger partial charge is 0.382 e. The summed E-state index contributed by atoms with van der Waals surface area (Å²) in [5, 5.41) is 3.44. The molecule has 2 saturated heterocycles. The second kappa shape index (κ2) is 6.14. The van der Waals surface area contributed by atoms with E-state index < -0.39 is 0 Å². The molecule has 0 aromatic rings. The van der Waals surface area contributed by atoms with Gasteiger partial charge in [0.15, 0.2) is 0 Å². The van der Waals surface area contributed by atoms with Gasteiger partial charge in [0, 0.05) is 38.9 Å². The first kappa shape index (κ1) is 13.3. The third kappa shape index (κ3) is 2.99. The number of hydrogen-bond acceptors (Lipinski definition) is 4. The van der Waals surface area contributed by atoms with E-state index >= 15 is 0 Å². The van der Waals surface area contributed by atoms with Crippen LogP contribution in [-0.2, 0) is 9.47 Å².